The van der Waals surface area contributed by atoms with Crippen molar-refractivity contribution in [3.8, 4) is 5.75 Å². The van der Waals surface area contributed by atoms with Crippen molar-refractivity contribution >= 4 is 32.9 Å². The fourth-order valence-corrected chi connectivity index (χ4v) is 3.57. The lowest BCUT2D eigenvalue weighted by Crippen LogP contribution is -2.33. The highest BCUT2D eigenvalue weighted by Gasteiger charge is 2.44. The molecule has 0 amide bonds. The summed E-state index contributed by atoms with van der Waals surface area (Å²) in [6.07, 6.45) is -1.51. The fourth-order valence-electron chi connectivity index (χ4n) is 3.16. The van der Waals surface area contributed by atoms with Gasteiger partial charge in [-0.1, -0.05) is 12.1 Å². The van der Waals surface area contributed by atoms with Crippen LogP contribution in [0.15, 0.2) is 35.3 Å². The van der Waals surface area contributed by atoms with Crippen molar-refractivity contribution in [3.05, 3.63) is 40.9 Å². The van der Waals surface area contributed by atoms with Gasteiger partial charge in [0.05, 0.1) is 17.4 Å². The van der Waals surface area contributed by atoms with Gasteiger partial charge >= 0.3 is 0 Å². The third-order valence-electron chi connectivity index (χ3n) is 4.67. The lowest BCUT2D eigenvalue weighted by atomic mass is 10.1. The normalized spacial score (nSPS) is 24.7. The molecule has 0 unspecified atom stereocenters. The summed E-state index contributed by atoms with van der Waals surface area (Å²) >= 11 is 3.28. The van der Waals surface area contributed by atoms with Gasteiger partial charge in [-0.05, 0) is 22.0 Å². The Morgan fingerprint density at radius 2 is 2.00 bits per heavy atom. The molecular weight excluding hydrogens is 434 g/mol. The van der Waals surface area contributed by atoms with Crippen LogP contribution in [0.1, 0.15) is 11.8 Å². The van der Waals surface area contributed by atoms with Crippen LogP contribution in [0.5, 0.6) is 5.75 Å². The Hall–Kier alpha value is -2.31. The second kappa shape index (κ2) is 7.60. The van der Waals surface area contributed by atoms with Gasteiger partial charge in [0, 0.05) is 12.1 Å². The van der Waals surface area contributed by atoms with E-state index in [-0.39, 0.29) is 5.75 Å². The Kier molecular flexibility index (Phi) is 5.17. The van der Waals surface area contributed by atoms with E-state index in [0.717, 1.165) is 0 Å². The minimum atomic E-state index is -1.24. The number of benzene rings is 1. The van der Waals surface area contributed by atoms with E-state index in [1.165, 1.54) is 17.2 Å². The monoisotopic (exact) mass is 451 g/mol. The number of hydrogen-bond donors (Lipinski definition) is 5. The van der Waals surface area contributed by atoms with Crippen molar-refractivity contribution in [2.45, 2.75) is 31.1 Å². The molecule has 4 atom stereocenters. The number of phenols is 1. The number of rotatable bonds is 5. The predicted molar refractivity (Wildman–Crippen MR) is 101 cm³/mol. The molecule has 4 rings (SSSR count). The third kappa shape index (κ3) is 3.20. The molecule has 0 spiro atoms. The molecule has 2 aromatic heterocycles. The summed E-state index contributed by atoms with van der Waals surface area (Å²) in [4.78, 5) is 12.7. The summed E-state index contributed by atoms with van der Waals surface area (Å²) in [6, 6.07) is 5.33. The first-order chi connectivity index (χ1) is 13.5. The molecule has 0 saturated carbocycles. The zero-order chi connectivity index (χ0) is 19.8. The molecule has 148 valence electrons. The molecule has 1 aliphatic rings. The molecule has 11 heteroatoms. The first kappa shape index (κ1) is 19.0. The molecule has 3 heterocycles. The molecule has 28 heavy (non-hydrogen) atoms. The molecule has 1 saturated heterocycles. The van der Waals surface area contributed by atoms with Crippen LogP contribution in [0, 0.1) is 0 Å². The van der Waals surface area contributed by atoms with Gasteiger partial charge in [-0.25, -0.2) is 15.0 Å². The summed E-state index contributed by atoms with van der Waals surface area (Å²) < 4.78 is 7.62. The molecule has 1 fully saturated rings. The number of hydrogen-bond acceptors (Lipinski definition) is 9. The van der Waals surface area contributed by atoms with Crippen LogP contribution in [0.4, 0.5) is 5.82 Å². The first-order valence-electron chi connectivity index (χ1n) is 8.51. The Morgan fingerprint density at radius 3 is 2.75 bits per heavy atom. The van der Waals surface area contributed by atoms with Crippen molar-refractivity contribution in [1.82, 2.24) is 19.5 Å². The average Bonchev–Trinajstić information content (AvgIpc) is 3.25. The summed E-state index contributed by atoms with van der Waals surface area (Å²) in [5.41, 5.74) is 1.50. The first-order valence-corrected chi connectivity index (χ1v) is 9.30. The number of aliphatic hydroxyl groups is 3. The van der Waals surface area contributed by atoms with E-state index in [0.29, 0.717) is 33.6 Å². The van der Waals surface area contributed by atoms with Crippen LogP contribution >= 0.6 is 15.9 Å². The van der Waals surface area contributed by atoms with Gasteiger partial charge in [0.2, 0.25) is 0 Å². The predicted octanol–water partition coefficient (Wildman–Crippen LogP) is 0.518. The van der Waals surface area contributed by atoms with Crippen molar-refractivity contribution in [1.29, 1.82) is 0 Å². The standard InChI is InChI=1S/C17H18BrN5O5/c18-9-3-1-2-8(12(9)25)4-19-15-11-16(21-6-20-15)23(7-22-11)17-14(27)13(26)10(5-24)28-17/h1-3,6-7,10,13-14,17,24-27H,4-5H2,(H,19,20,21)/t10-,13-,14-,17-/m1/s1. The van der Waals surface area contributed by atoms with E-state index in [9.17, 15) is 20.4 Å². The summed E-state index contributed by atoms with van der Waals surface area (Å²) in [5, 5.41) is 42.7. The molecule has 10 nitrogen and oxygen atoms in total. The second-order valence-corrected chi connectivity index (χ2v) is 7.23. The number of nitrogens with zero attached hydrogens (tertiary/aromatic N) is 4. The van der Waals surface area contributed by atoms with E-state index >= 15 is 0 Å². The highest BCUT2D eigenvalue weighted by molar-refractivity contribution is 9.10. The maximum atomic E-state index is 10.2. The average molecular weight is 452 g/mol. The van der Waals surface area contributed by atoms with Crippen LogP contribution in [-0.4, -0.2) is 64.9 Å². The maximum Gasteiger partial charge on any atom is 0.167 e. The lowest BCUT2D eigenvalue weighted by molar-refractivity contribution is -0.0511. The lowest BCUT2D eigenvalue weighted by Gasteiger charge is -2.16. The van der Waals surface area contributed by atoms with Crippen LogP contribution in [0.2, 0.25) is 0 Å². The number of ether oxygens (including phenoxy) is 1. The maximum absolute atomic E-state index is 10.2. The number of halogens is 1. The molecule has 0 radical (unpaired) electrons. The number of nitrogens with one attached hydrogen (secondary N) is 1. The van der Waals surface area contributed by atoms with E-state index in [4.69, 9.17) is 4.74 Å². The van der Waals surface area contributed by atoms with Gasteiger partial charge in [0.1, 0.15) is 30.4 Å². The molecular formula is C17H18BrN5O5. The number of para-hydroxylation sites is 1. The van der Waals surface area contributed by atoms with Crippen molar-refractivity contribution in [2.24, 2.45) is 0 Å². The Bertz CT molecular complexity index is 999. The zero-order valence-electron chi connectivity index (χ0n) is 14.5. The Morgan fingerprint density at radius 1 is 1.18 bits per heavy atom. The third-order valence-corrected chi connectivity index (χ3v) is 5.31. The number of aliphatic hydroxyl groups excluding tert-OH is 3. The van der Waals surface area contributed by atoms with Gasteiger partial charge < -0.3 is 30.5 Å². The van der Waals surface area contributed by atoms with Crippen molar-refractivity contribution in [2.75, 3.05) is 11.9 Å². The summed E-state index contributed by atoms with van der Waals surface area (Å²) in [7, 11) is 0. The zero-order valence-corrected chi connectivity index (χ0v) is 16.1. The fraction of sp³-hybridized carbons (Fsp3) is 0.353. The van der Waals surface area contributed by atoms with Crippen molar-refractivity contribution in [3.63, 3.8) is 0 Å². The van der Waals surface area contributed by atoms with E-state index in [1.54, 1.807) is 12.1 Å². The van der Waals surface area contributed by atoms with Gasteiger partial charge in [-0.15, -0.1) is 0 Å². The molecule has 3 aromatic rings. The van der Waals surface area contributed by atoms with Crippen molar-refractivity contribution < 1.29 is 25.2 Å². The summed E-state index contributed by atoms with van der Waals surface area (Å²) in [6.45, 7) is -0.114. The van der Waals surface area contributed by atoms with Gasteiger partial charge in [-0.3, -0.25) is 4.57 Å². The van der Waals surface area contributed by atoms with Gasteiger partial charge in [-0.2, -0.15) is 0 Å². The number of phenolic OH excluding ortho intramolecular Hbond substituents is 1. The van der Waals surface area contributed by atoms with Crippen LogP contribution in [-0.2, 0) is 11.3 Å². The largest absolute Gasteiger partial charge is 0.506 e. The molecule has 5 N–H and O–H groups in total. The number of fused-ring (bicyclic) bond motifs is 1. The number of aromatic nitrogens is 4. The minimum Gasteiger partial charge on any atom is -0.506 e. The molecule has 0 bridgehead atoms. The van der Waals surface area contributed by atoms with E-state index in [1.807, 2.05) is 6.07 Å². The minimum absolute atomic E-state index is 0.136. The highest BCUT2D eigenvalue weighted by Crippen LogP contribution is 2.32. The highest BCUT2D eigenvalue weighted by atomic mass is 79.9. The second-order valence-electron chi connectivity index (χ2n) is 6.38. The topological polar surface area (TPSA) is 146 Å². The quantitative estimate of drug-likeness (QED) is 0.374. The van der Waals surface area contributed by atoms with Gasteiger partial charge in [0.25, 0.3) is 0 Å². The molecule has 1 aliphatic heterocycles. The number of anilines is 1. The van der Waals surface area contributed by atoms with Crippen LogP contribution in [0.3, 0.4) is 0 Å². The van der Waals surface area contributed by atoms with E-state index < -0.39 is 31.1 Å². The Labute approximate surface area is 167 Å². The Balaban J connectivity index is 1.61. The van der Waals surface area contributed by atoms with Crippen LogP contribution in [0.25, 0.3) is 11.2 Å². The number of aromatic hydroxyl groups is 1. The summed E-state index contributed by atoms with van der Waals surface area (Å²) in [5.74, 6) is 0.576. The number of imidazole rings is 1. The van der Waals surface area contributed by atoms with Gasteiger partial charge in [0.15, 0.2) is 23.2 Å². The SMILES string of the molecule is OC[C@H]1O[C@@H](n2cnc3c(NCc4cccc(Br)c4O)ncnc32)[C@H](O)[C@@H]1O. The smallest absolute Gasteiger partial charge is 0.167 e. The molecule has 0 aliphatic carbocycles. The van der Waals surface area contributed by atoms with Crippen LogP contribution < -0.4 is 5.32 Å². The van der Waals surface area contributed by atoms with E-state index in [2.05, 4.69) is 36.2 Å². The molecule has 1 aromatic carbocycles.